The molecular formula is C27H26FNO4S. The largest absolute Gasteiger partial charge is 0.507 e. The number of carbonyl (C=O) groups excluding carboxylic acids is 2. The number of nitrogens with zero attached hydrogens (tertiary/aromatic N) is 1. The summed E-state index contributed by atoms with van der Waals surface area (Å²) in [4.78, 5) is 28.6. The van der Waals surface area contributed by atoms with E-state index in [1.165, 1.54) is 28.4 Å². The molecule has 1 N–H and O–H groups in total. The summed E-state index contributed by atoms with van der Waals surface area (Å²) in [5.41, 5.74) is 2.85. The van der Waals surface area contributed by atoms with Gasteiger partial charge in [0.05, 0.1) is 18.7 Å². The third-order valence-corrected chi connectivity index (χ3v) is 7.00. The van der Waals surface area contributed by atoms with Crippen molar-refractivity contribution in [3.63, 3.8) is 0 Å². The number of amides is 1. The van der Waals surface area contributed by atoms with Crippen LogP contribution >= 0.6 is 11.3 Å². The molecule has 0 bridgehead atoms. The Kier molecular flexibility index (Phi) is 6.57. The van der Waals surface area contributed by atoms with Crippen LogP contribution in [0.5, 0.6) is 5.75 Å². The van der Waals surface area contributed by atoms with Gasteiger partial charge in [-0.15, -0.1) is 11.3 Å². The first-order valence-electron chi connectivity index (χ1n) is 11.0. The van der Waals surface area contributed by atoms with Crippen molar-refractivity contribution in [1.29, 1.82) is 0 Å². The van der Waals surface area contributed by atoms with Gasteiger partial charge in [-0.1, -0.05) is 32.0 Å². The summed E-state index contributed by atoms with van der Waals surface area (Å²) in [6, 6.07) is 12.4. The smallest absolute Gasteiger partial charge is 0.295 e. The van der Waals surface area contributed by atoms with Crippen LogP contribution in [0.1, 0.15) is 52.9 Å². The monoisotopic (exact) mass is 479 g/mol. The molecule has 0 saturated carbocycles. The maximum absolute atomic E-state index is 13.4. The number of ketones is 1. The molecule has 1 aromatic heterocycles. The molecule has 0 spiro atoms. The first-order valence-corrected chi connectivity index (χ1v) is 11.9. The van der Waals surface area contributed by atoms with Crippen LogP contribution in [0, 0.1) is 12.7 Å². The fourth-order valence-electron chi connectivity index (χ4n) is 4.30. The van der Waals surface area contributed by atoms with Gasteiger partial charge >= 0.3 is 0 Å². The van der Waals surface area contributed by atoms with Gasteiger partial charge in [-0.05, 0) is 65.2 Å². The van der Waals surface area contributed by atoms with Crippen molar-refractivity contribution in [2.45, 2.75) is 39.3 Å². The predicted molar refractivity (Wildman–Crippen MR) is 130 cm³/mol. The zero-order valence-corrected chi connectivity index (χ0v) is 20.3. The number of aryl methyl sites for hydroxylation is 1. The molecular weight excluding hydrogens is 453 g/mol. The number of aliphatic hydroxyl groups excluding tert-OH is 1. The second kappa shape index (κ2) is 9.43. The summed E-state index contributed by atoms with van der Waals surface area (Å²) in [7, 11) is 1.60. The summed E-state index contributed by atoms with van der Waals surface area (Å²) in [6.45, 7) is 5.98. The fourth-order valence-corrected chi connectivity index (χ4v) is 5.14. The minimum atomic E-state index is -0.742. The van der Waals surface area contributed by atoms with Crippen LogP contribution in [-0.2, 0) is 16.1 Å². The predicted octanol–water partition coefficient (Wildman–Crippen LogP) is 5.95. The zero-order valence-electron chi connectivity index (χ0n) is 19.5. The van der Waals surface area contributed by atoms with Crippen LogP contribution in [0.25, 0.3) is 5.76 Å². The van der Waals surface area contributed by atoms with Gasteiger partial charge in [0.2, 0.25) is 0 Å². The second-order valence-electron chi connectivity index (χ2n) is 8.63. The highest BCUT2D eigenvalue weighted by atomic mass is 32.1. The fraction of sp³-hybridized carbons (Fsp3) is 0.259. The first kappa shape index (κ1) is 23.7. The van der Waals surface area contributed by atoms with Gasteiger partial charge in [0.15, 0.2) is 0 Å². The van der Waals surface area contributed by atoms with Gasteiger partial charge in [-0.2, -0.15) is 0 Å². The van der Waals surface area contributed by atoms with E-state index in [2.05, 4.69) is 0 Å². The van der Waals surface area contributed by atoms with E-state index in [1.54, 1.807) is 19.2 Å². The molecule has 2 aromatic carbocycles. The van der Waals surface area contributed by atoms with Crippen molar-refractivity contribution in [3.05, 3.63) is 92.4 Å². The number of aliphatic hydroxyl groups is 1. The summed E-state index contributed by atoms with van der Waals surface area (Å²) in [6.07, 6.45) is 0. The number of carbonyl (C=O) groups is 2. The number of hydrogen-bond donors (Lipinski definition) is 1. The van der Waals surface area contributed by atoms with Crippen molar-refractivity contribution >= 4 is 28.8 Å². The normalized spacial score (nSPS) is 17.6. The zero-order chi connectivity index (χ0) is 24.6. The van der Waals surface area contributed by atoms with Crippen molar-refractivity contribution in [2.75, 3.05) is 7.11 Å². The Bertz CT molecular complexity index is 1260. The van der Waals surface area contributed by atoms with E-state index in [-0.39, 0.29) is 29.6 Å². The highest BCUT2D eigenvalue weighted by Gasteiger charge is 2.46. The van der Waals surface area contributed by atoms with Crippen molar-refractivity contribution in [2.24, 2.45) is 0 Å². The SMILES string of the molecule is COc1cc(C)c(/C(O)=C2\C(=O)C(=O)N(Cc3ccc(F)cc3)C2c2cccs2)cc1C(C)C. The lowest BCUT2D eigenvalue weighted by atomic mass is 9.92. The van der Waals surface area contributed by atoms with Gasteiger partial charge in [0, 0.05) is 17.0 Å². The van der Waals surface area contributed by atoms with Crippen LogP contribution in [0.3, 0.4) is 0 Å². The Hall–Kier alpha value is -3.45. The molecule has 7 heteroatoms. The van der Waals surface area contributed by atoms with E-state index in [0.29, 0.717) is 16.9 Å². The van der Waals surface area contributed by atoms with Crippen LogP contribution in [0.2, 0.25) is 0 Å². The quantitative estimate of drug-likeness (QED) is 0.270. The maximum Gasteiger partial charge on any atom is 0.295 e. The number of hydrogen-bond acceptors (Lipinski definition) is 5. The highest BCUT2D eigenvalue weighted by Crippen LogP contribution is 2.43. The standard InChI is InChI=1S/C27H26FNO4S/c1-15(2)19-13-20(16(3)12-21(19)33-4)25(30)23-24(22-6-5-11-34-22)29(27(32)26(23)31)14-17-7-9-18(28)10-8-17/h5-13,15,24,30H,14H2,1-4H3/b25-23+. The van der Waals surface area contributed by atoms with E-state index in [0.717, 1.165) is 16.0 Å². The van der Waals surface area contributed by atoms with Gasteiger partial charge in [-0.3, -0.25) is 9.59 Å². The lowest BCUT2D eigenvalue weighted by Crippen LogP contribution is -2.28. The third-order valence-electron chi connectivity index (χ3n) is 6.07. The molecule has 4 rings (SSSR count). The van der Waals surface area contributed by atoms with Crippen LogP contribution < -0.4 is 4.74 Å². The van der Waals surface area contributed by atoms with Gasteiger partial charge < -0.3 is 14.7 Å². The van der Waals surface area contributed by atoms with E-state index in [9.17, 15) is 19.1 Å². The molecule has 0 aliphatic carbocycles. The number of likely N-dealkylation sites (tertiary alicyclic amines) is 1. The van der Waals surface area contributed by atoms with Gasteiger partial charge in [-0.25, -0.2) is 4.39 Å². The molecule has 1 amide bonds. The lowest BCUT2D eigenvalue weighted by Gasteiger charge is -2.24. The topological polar surface area (TPSA) is 66.8 Å². The van der Waals surface area contributed by atoms with Gasteiger partial charge in [0.25, 0.3) is 11.7 Å². The van der Waals surface area contributed by atoms with Gasteiger partial charge in [0.1, 0.15) is 17.3 Å². The third kappa shape index (κ3) is 4.23. The average molecular weight is 480 g/mol. The Balaban J connectivity index is 1.87. The molecule has 1 unspecified atom stereocenters. The Labute approximate surface area is 202 Å². The minimum absolute atomic E-state index is 0.0533. The highest BCUT2D eigenvalue weighted by molar-refractivity contribution is 7.10. The summed E-state index contributed by atoms with van der Waals surface area (Å²) >= 11 is 1.40. The lowest BCUT2D eigenvalue weighted by molar-refractivity contribution is -0.140. The molecule has 3 aromatic rings. The Morgan fingerprint density at radius 3 is 2.47 bits per heavy atom. The Morgan fingerprint density at radius 2 is 1.88 bits per heavy atom. The molecule has 2 heterocycles. The molecule has 0 radical (unpaired) electrons. The number of halogens is 1. The van der Waals surface area contributed by atoms with Crippen molar-refractivity contribution in [1.82, 2.24) is 4.90 Å². The number of benzene rings is 2. The summed E-state index contributed by atoms with van der Waals surface area (Å²) in [5, 5.41) is 13.3. The van der Waals surface area contributed by atoms with E-state index in [4.69, 9.17) is 4.74 Å². The van der Waals surface area contributed by atoms with Crippen LogP contribution in [-0.4, -0.2) is 28.8 Å². The van der Waals surface area contributed by atoms with Crippen LogP contribution in [0.4, 0.5) is 4.39 Å². The second-order valence-corrected chi connectivity index (χ2v) is 9.61. The molecule has 34 heavy (non-hydrogen) atoms. The number of rotatable bonds is 6. The van der Waals surface area contributed by atoms with E-state index < -0.39 is 17.7 Å². The summed E-state index contributed by atoms with van der Waals surface area (Å²) < 4.78 is 18.9. The number of Topliss-reactive ketones (excluding diaryl/α,β-unsaturated/α-hetero) is 1. The molecule has 1 aliphatic rings. The molecule has 5 nitrogen and oxygen atoms in total. The van der Waals surface area contributed by atoms with Crippen molar-refractivity contribution in [3.8, 4) is 5.75 Å². The first-order chi connectivity index (χ1) is 16.2. The number of thiophene rings is 1. The van der Waals surface area contributed by atoms with E-state index >= 15 is 0 Å². The van der Waals surface area contributed by atoms with E-state index in [1.807, 2.05) is 50.4 Å². The summed E-state index contributed by atoms with van der Waals surface area (Å²) in [5.74, 6) is -1.19. The van der Waals surface area contributed by atoms with Crippen molar-refractivity contribution < 1.29 is 23.8 Å². The average Bonchev–Trinajstić information content (AvgIpc) is 3.42. The minimum Gasteiger partial charge on any atom is -0.507 e. The molecule has 176 valence electrons. The molecule has 1 aliphatic heterocycles. The van der Waals surface area contributed by atoms with Crippen LogP contribution in [0.15, 0.2) is 59.5 Å². The maximum atomic E-state index is 13.4. The Morgan fingerprint density at radius 1 is 1.18 bits per heavy atom. The molecule has 1 fully saturated rings. The molecule has 1 saturated heterocycles. The number of ether oxygens (including phenoxy) is 1. The number of methoxy groups -OCH3 is 1. The molecule has 1 atom stereocenters.